The number of halogens is 4. The number of nitrogens with two attached hydrogens (primary N) is 1. The third-order valence-corrected chi connectivity index (χ3v) is 9.36. The highest BCUT2D eigenvalue weighted by Gasteiger charge is 2.43. The maximum atomic E-state index is 13.2. The summed E-state index contributed by atoms with van der Waals surface area (Å²) in [6.07, 6.45) is 1.17. The molecule has 4 atom stereocenters. The number of aliphatic hydroxyl groups excluding tert-OH is 2. The highest BCUT2D eigenvalue weighted by atomic mass is 35.5. The van der Waals surface area contributed by atoms with Crippen molar-refractivity contribution >= 4 is 39.5 Å². The normalized spacial score (nSPS) is 26.8. The molecule has 42 heavy (non-hydrogen) atoms. The minimum Gasteiger partial charge on any atom is -0.390 e. The van der Waals surface area contributed by atoms with Gasteiger partial charge < -0.3 is 30.8 Å². The van der Waals surface area contributed by atoms with Gasteiger partial charge in [-0.1, -0.05) is 11.6 Å². The van der Waals surface area contributed by atoms with Crippen LogP contribution in [0.25, 0.3) is 22.1 Å². The summed E-state index contributed by atoms with van der Waals surface area (Å²) >= 11 is 5.84. The molecule has 2 aliphatic carbocycles. The molecular formula is C29H35ClF3N7O2. The molecule has 0 spiro atoms. The van der Waals surface area contributed by atoms with Gasteiger partial charge in [-0.3, -0.25) is 0 Å². The molecule has 6 rings (SSSR count). The van der Waals surface area contributed by atoms with Gasteiger partial charge in [0.05, 0.1) is 39.2 Å². The number of anilines is 1. The number of alkyl halides is 3. The largest absolute Gasteiger partial charge is 0.417 e. The first-order valence-electron chi connectivity index (χ1n) is 14.2. The predicted octanol–water partition coefficient (Wildman–Crippen LogP) is 4.87. The number of H-pyrrole nitrogens is 1. The van der Waals surface area contributed by atoms with Crippen molar-refractivity contribution in [1.82, 2.24) is 29.8 Å². The van der Waals surface area contributed by atoms with Gasteiger partial charge in [-0.05, 0) is 69.6 Å². The molecule has 2 aliphatic rings. The first-order chi connectivity index (χ1) is 19.8. The van der Waals surface area contributed by atoms with Crippen molar-refractivity contribution in [2.75, 3.05) is 12.3 Å². The third kappa shape index (κ3) is 5.57. The number of aliphatic hydroxyl groups is 2. The van der Waals surface area contributed by atoms with Gasteiger partial charge in [-0.15, -0.1) is 0 Å². The van der Waals surface area contributed by atoms with Gasteiger partial charge in [-0.25, -0.2) is 15.0 Å². The number of imidazole rings is 1. The van der Waals surface area contributed by atoms with Crippen molar-refractivity contribution in [3.05, 3.63) is 47.1 Å². The van der Waals surface area contributed by atoms with Gasteiger partial charge in [0.25, 0.3) is 0 Å². The number of hydrogen-bond acceptors (Lipinski definition) is 7. The number of aromatic nitrogens is 5. The molecule has 2 fully saturated rings. The second-order valence-corrected chi connectivity index (χ2v) is 13.1. The van der Waals surface area contributed by atoms with Crippen LogP contribution in [0, 0.1) is 17.8 Å². The minimum atomic E-state index is -4.52. The van der Waals surface area contributed by atoms with Gasteiger partial charge in [0.2, 0.25) is 0 Å². The Hall–Kier alpha value is -2.93. The zero-order valence-corrected chi connectivity index (χ0v) is 24.1. The molecular weight excluding hydrogens is 571 g/mol. The van der Waals surface area contributed by atoms with E-state index in [0.717, 1.165) is 30.7 Å². The predicted molar refractivity (Wildman–Crippen MR) is 154 cm³/mol. The van der Waals surface area contributed by atoms with Crippen LogP contribution in [0.5, 0.6) is 0 Å². The van der Waals surface area contributed by atoms with E-state index in [-0.39, 0.29) is 22.5 Å². The maximum Gasteiger partial charge on any atom is 0.417 e. The van der Waals surface area contributed by atoms with Crippen molar-refractivity contribution in [2.45, 2.75) is 75.9 Å². The molecule has 226 valence electrons. The van der Waals surface area contributed by atoms with E-state index in [9.17, 15) is 23.4 Å². The molecule has 0 amide bonds. The van der Waals surface area contributed by atoms with E-state index in [2.05, 4.69) is 39.1 Å². The Bertz CT molecular complexity index is 1600. The fourth-order valence-electron chi connectivity index (χ4n) is 6.92. The van der Waals surface area contributed by atoms with E-state index in [1.165, 1.54) is 12.4 Å². The molecule has 13 heteroatoms. The number of hydrogen-bond donors (Lipinski definition) is 5. The Morgan fingerprint density at radius 1 is 1.12 bits per heavy atom. The van der Waals surface area contributed by atoms with E-state index in [1.807, 2.05) is 16.8 Å². The number of benzene rings is 1. The molecule has 3 heterocycles. The molecule has 0 saturated heterocycles. The lowest BCUT2D eigenvalue weighted by Crippen LogP contribution is -2.46. The summed E-state index contributed by atoms with van der Waals surface area (Å²) in [6, 6.07) is 3.81. The summed E-state index contributed by atoms with van der Waals surface area (Å²) in [4.78, 5) is 15.9. The number of rotatable bonds is 8. The van der Waals surface area contributed by atoms with E-state index >= 15 is 0 Å². The highest BCUT2D eigenvalue weighted by molar-refractivity contribution is 6.32. The Balaban J connectivity index is 1.01. The molecule has 1 aromatic carbocycles. The summed E-state index contributed by atoms with van der Waals surface area (Å²) in [5, 5.41) is 25.7. The van der Waals surface area contributed by atoms with Crippen molar-refractivity contribution in [3.8, 4) is 0 Å². The average molecular weight is 606 g/mol. The molecule has 0 radical (unpaired) electrons. The zero-order valence-electron chi connectivity index (χ0n) is 23.4. The quantitative estimate of drug-likeness (QED) is 0.193. The van der Waals surface area contributed by atoms with Gasteiger partial charge in [-0.2, -0.15) is 13.2 Å². The van der Waals surface area contributed by atoms with Crippen LogP contribution in [0.1, 0.15) is 57.0 Å². The van der Waals surface area contributed by atoms with Crippen LogP contribution in [0.15, 0.2) is 30.7 Å². The maximum absolute atomic E-state index is 13.2. The summed E-state index contributed by atoms with van der Waals surface area (Å²) < 4.78 is 41.5. The van der Waals surface area contributed by atoms with Crippen molar-refractivity contribution in [3.63, 3.8) is 0 Å². The fourth-order valence-corrected chi connectivity index (χ4v) is 7.18. The second-order valence-electron chi connectivity index (χ2n) is 12.7. The third-order valence-electron chi connectivity index (χ3n) is 9.05. The monoisotopic (exact) mass is 605 g/mol. The van der Waals surface area contributed by atoms with Crippen molar-refractivity contribution < 1.29 is 23.4 Å². The molecule has 3 aromatic heterocycles. The second kappa shape index (κ2) is 10.7. The fraction of sp³-hybridized carbons (Fsp3) is 0.552. The van der Waals surface area contributed by atoms with Crippen LogP contribution in [0.4, 0.5) is 19.0 Å². The van der Waals surface area contributed by atoms with Crippen LogP contribution in [-0.4, -0.2) is 59.0 Å². The number of aromatic amines is 1. The molecule has 0 unspecified atom stereocenters. The first kappa shape index (κ1) is 29.2. The van der Waals surface area contributed by atoms with Gasteiger partial charge in [0, 0.05) is 30.6 Å². The summed E-state index contributed by atoms with van der Waals surface area (Å²) in [6.45, 7) is 4.86. The van der Waals surface area contributed by atoms with E-state index in [0.29, 0.717) is 59.5 Å². The minimum absolute atomic E-state index is 0.130. The van der Waals surface area contributed by atoms with Gasteiger partial charge >= 0.3 is 6.18 Å². The Kier molecular flexibility index (Phi) is 7.40. The Morgan fingerprint density at radius 3 is 2.62 bits per heavy atom. The summed E-state index contributed by atoms with van der Waals surface area (Å²) in [5.41, 5.74) is 6.35. The van der Waals surface area contributed by atoms with Crippen LogP contribution >= 0.6 is 11.6 Å². The van der Waals surface area contributed by atoms with Crippen LogP contribution in [-0.2, 0) is 12.6 Å². The van der Waals surface area contributed by atoms with Crippen LogP contribution in [0.2, 0.25) is 5.02 Å². The van der Waals surface area contributed by atoms with Gasteiger partial charge in [0.15, 0.2) is 0 Å². The van der Waals surface area contributed by atoms with Crippen LogP contribution < -0.4 is 11.1 Å². The molecule has 2 saturated carbocycles. The molecule has 9 nitrogen and oxygen atoms in total. The number of nitrogens with one attached hydrogen (secondary N) is 2. The van der Waals surface area contributed by atoms with Crippen molar-refractivity contribution in [2.24, 2.45) is 17.8 Å². The topological polar surface area (TPSA) is 138 Å². The van der Waals surface area contributed by atoms with E-state index in [4.69, 9.17) is 17.3 Å². The average Bonchev–Trinajstić information content (AvgIpc) is 3.56. The molecule has 0 aliphatic heterocycles. The highest BCUT2D eigenvalue weighted by Crippen LogP contribution is 2.42. The molecule has 6 N–H and O–H groups in total. The first-order valence-corrected chi connectivity index (χ1v) is 14.6. The lowest BCUT2D eigenvalue weighted by Gasteiger charge is -2.40. The number of fused-ring (bicyclic) bond motifs is 2. The lowest BCUT2D eigenvalue weighted by atomic mass is 9.68. The Morgan fingerprint density at radius 2 is 1.88 bits per heavy atom. The van der Waals surface area contributed by atoms with E-state index in [1.54, 1.807) is 0 Å². The van der Waals surface area contributed by atoms with E-state index < -0.39 is 23.9 Å². The number of nitrogens with zero attached hydrogens (tertiary/aromatic N) is 4. The Labute approximate surface area is 245 Å². The molecule has 0 bridgehead atoms. The zero-order chi connectivity index (χ0) is 30.0. The lowest BCUT2D eigenvalue weighted by molar-refractivity contribution is -0.137. The van der Waals surface area contributed by atoms with Crippen molar-refractivity contribution in [1.29, 1.82) is 0 Å². The summed E-state index contributed by atoms with van der Waals surface area (Å²) in [7, 11) is 0. The standard InChI is InChI=1S/C29H35ClF3N7O2/c1-28(2,37-12-16-8-22(25(42)24(16)41)40-4-3-17-26(34)35-13-36-27(17)40)11-15-5-14(6-15)7-23-38-20-9-18(29(31,32)33)19(30)10-21(20)39-23/h3-4,9-10,13-16,22,24-25,37,41-42H,5-8,11-12H2,1-2H3,(H,38,39)(H2,34,35,36)/t14?,15?,16-,22-,24-,25+/m1/s1. The van der Waals surface area contributed by atoms with Gasteiger partial charge in [0.1, 0.15) is 29.7 Å². The number of nitrogen functional groups attached to an aromatic ring is 1. The summed E-state index contributed by atoms with van der Waals surface area (Å²) in [5.74, 6) is 1.85. The van der Waals surface area contributed by atoms with Crippen LogP contribution in [0.3, 0.4) is 0 Å². The molecule has 4 aromatic rings. The SMILES string of the molecule is CC(C)(CC1CC(Cc2nc3cc(Cl)c(C(F)(F)F)cc3[nH]2)C1)NC[C@H]1C[C@@H](n2ccc3c(N)ncnc32)[C@H](O)[C@@H]1O. The smallest absolute Gasteiger partial charge is 0.390 e.